The molecule has 1 rings (SSSR count). The van der Waals surface area contributed by atoms with Crippen LogP contribution in [0.1, 0.15) is 40.0 Å². The molecule has 1 aliphatic heterocycles. The number of carboxylic acid groups (broad SMARTS) is 1. The van der Waals surface area contributed by atoms with Gasteiger partial charge in [-0.1, -0.05) is 20.8 Å². The highest BCUT2D eigenvalue weighted by Crippen LogP contribution is 2.22. The van der Waals surface area contributed by atoms with Crippen molar-refractivity contribution in [3.8, 4) is 0 Å². The van der Waals surface area contributed by atoms with Gasteiger partial charge in [-0.25, -0.2) is 4.79 Å². The zero-order valence-electron chi connectivity index (χ0n) is 10.6. The average molecular weight is 243 g/mol. The summed E-state index contributed by atoms with van der Waals surface area (Å²) in [5, 5.41) is 11.5. The molecule has 2 N–H and O–H groups in total. The van der Waals surface area contributed by atoms with Crippen molar-refractivity contribution >= 4 is 11.9 Å². The molecule has 1 heterocycles. The molecule has 0 radical (unpaired) electrons. The van der Waals surface area contributed by atoms with Crippen LogP contribution in [-0.2, 0) is 14.3 Å². The summed E-state index contributed by atoms with van der Waals surface area (Å²) in [6.07, 6.45) is 2.08. The van der Waals surface area contributed by atoms with Gasteiger partial charge in [0.15, 0.2) is 0 Å². The first-order valence-corrected chi connectivity index (χ1v) is 6.14. The van der Waals surface area contributed by atoms with Crippen LogP contribution in [0.2, 0.25) is 0 Å². The van der Waals surface area contributed by atoms with E-state index in [0.29, 0.717) is 6.42 Å². The predicted octanol–water partition coefficient (Wildman–Crippen LogP) is 1.17. The summed E-state index contributed by atoms with van der Waals surface area (Å²) in [7, 11) is 0. The van der Waals surface area contributed by atoms with Gasteiger partial charge in [0.05, 0.1) is 6.10 Å². The Morgan fingerprint density at radius 3 is 2.47 bits per heavy atom. The van der Waals surface area contributed by atoms with Crippen molar-refractivity contribution in [2.45, 2.75) is 58.3 Å². The smallest absolute Gasteiger partial charge is 0.326 e. The van der Waals surface area contributed by atoms with Crippen LogP contribution in [0.25, 0.3) is 0 Å². The highest BCUT2D eigenvalue weighted by molar-refractivity contribution is 5.86. The molecular weight excluding hydrogens is 222 g/mol. The number of amides is 1. The molecular formula is C12H21NO4. The Balaban J connectivity index is 2.51. The van der Waals surface area contributed by atoms with Crippen molar-refractivity contribution in [3.63, 3.8) is 0 Å². The van der Waals surface area contributed by atoms with Crippen molar-refractivity contribution in [2.75, 3.05) is 0 Å². The predicted molar refractivity (Wildman–Crippen MR) is 62.6 cm³/mol. The number of hydrogen-bond donors (Lipinski definition) is 2. The van der Waals surface area contributed by atoms with Crippen molar-refractivity contribution in [1.29, 1.82) is 0 Å². The fraction of sp³-hybridized carbons (Fsp3) is 0.833. The molecule has 0 bridgehead atoms. The van der Waals surface area contributed by atoms with Crippen LogP contribution in [-0.4, -0.2) is 35.2 Å². The lowest BCUT2D eigenvalue weighted by atomic mass is 10.0. The van der Waals surface area contributed by atoms with Crippen LogP contribution in [0, 0.1) is 5.92 Å². The molecule has 3 atom stereocenters. The van der Waals surface area contributed by atoms with Gasteiger partial charge in [-0.05, 0) is 25.2 Å². The molecule has 2 unspecified atom stereocenters. The first-order chi connectivity index (χ1) is 7.95. The molecule has 0 aromatic rings. The number of carbonyl (C=O) groups excluding carboxylic acids is 1. The molecule has 1 saturated heterocycles. The number of carbonyl (C=O) groups is 2. The maximum atomic E-state index is 11.8. The Kier molecular flexibility index (Phi) is 4.93. The number of aliphatic carboxylic acids is 1. The van der Waals surface area contributed by atoms with Gasteiger partial charge in [0, 0.05) is 0 Å². The first kappa shape index (κ1) is 14.0. The Labute approximate surface area is 102 Å². The summed E-state index contributed by atoms with van der Waals surface area (Å²) >= 11 is 0. The Hall–Kier alpha value is -1.10. The highest BCUT2D eigenvalue weighted by Gasteiger charge is 2.32. The molecule has 1 fully saturated rings. The standard InChI is InChI=1S/C12H21NO4/c1-4-8-5-6-9(17-8)11(14)13-10(7(2)3)12(15)16/h7-10H,4-6H2,1-3H3,(H,13,14)(H,15,16)/t8?,9?,10-/m0/s1. The maximum absolute atomic E-state index is 11.8. The van der Waals surface area contributed by atoms with E-state index in [9.17, 15) is 9.59 Å². The second-order valence-electron chi connectivity index (χ2n) is 4.80. The van der Waals surface area contributed by atoms with E-state index in [1.165, 1.54) is 0 Å². The number of hydrogen-bond acceptors (Lipinski definition) is 3. The van der Waals surface area contributed by atoms with Gasteiger partial charge in [-0.2, -0.15) is 0 Å². The van der Waals surface area contributed by atoms with E-state index in [2.05, 4.69) is 5.32 Å². The Bertz CT molecular complexity index is 290. The molecule has 0 aliphatic carbocycles. The van der Waals surface area contributed by atoms with E-state index in [4.69, 9.17) is 9.84 Å². The molecule has 0 saturated carbocycles. The molecule has 5 heteroatoms. The lowest BCUT2D eigenvalue weighted by Gasteiger charge is -2.20. The van der Waals surface area contributed by atoms with E-state index < -0.39 is 18.1 Å². The minimum absolute atomic E-state index is 0.132. The van der Waals surface area contributed by atoms with Crippen LogP contribution >= 0.6 is 0 Å². The molecule has 0 aromatic heterocycles. The molecule has 5 nitrogen and oxygen atoms in total. The maximum Gasteiger partial charge on any atom is 0.326 e. The Morgan fingerprint density at radius 2 is 2.06 bits per heavy atom. The van der Waals surface area contributed by atoms with Gasteiger partial charge in [-0.15, -0.1) is 0 Å². The second kappa shape index (κ2) is 6.00. The molecule has 17 heavy (non-hydrogen) atoms. The molecule has 98 valence electrons. The quantitative estimate of drug-likeness (QED) is 0.760. The summed E-state index contributed by atoms with van der Waals surface area (Å²) in [5.74, 6) is -1.44. The number of ether oxygens (including phenoxy) is 1. The number of nitrogens with one attached hydrogen (secondary N) is 1. The second-order valence-corrected chi connectivity index (χ2v) is 4.80. The summed E-state index contributed by atoms with van der Waals surface area (Å²) in [6.45, 7) is 5.55. The van der Waals surface area contributed by atoms with Crippen molar-refractivity contribution < 1.29 is 19.4 Å². The largest absolute Gasteiger partial charge is 0.480 e. The monoisotopic (exact) mass is 243 g/mol. The molecule has 1 amide bonds. The topological polar surface area (TPSA) is 75.6 Å². The SMILES string of the molecule is CCC1CCC(C(=O)N[C@H](C(=O)O)C(C)C)O1. The number of rotatable bonds is 5. The van der Waals surface area contributed by atoms with Crippen LogP contribution in [0.15, 0.2) is 0 Å². The third-order valence-corrected chi connectivity index (χ3v) is 3.09. The van der Waals surface area contributed by atoms with E-state index in [-0.39, 0.29) is 17.9 Å². The van der Waals surface area contributed by atoms with Crippen LogP contribution in [0.5, 0.6) is 0 Å². The van der Waals surface area contributed by atoms with Gasteiger partial charge in [0.25, 0.3) is 0 Å². The van der Waals surface area contributed by atoms with Crippen LogP contribution in [0.4, 0.5) is 0 Å². The molecule has 0 aromatic carbocycles. The van der Waals surface area contributed by atoms with E-state index in [1.54, 1.807) is 13.8 Å². The van der Waals surface area contributed by atoms with Crippen LogP contribution < -0.4 is 5.32 Å². The van der Waals surface area contributed by atoms with Gasteiger partial charge in [0.2, 0.25) is 5.91 Å². The lowest BCUT2D eigenvalue weighted by molar-refractivity contribution is -0.145. The third kappa shape index (κ3) is 3.70. The van der Waals surface area contributed by atoms with Gasteiger partial charge in [0.1, 0.15) is 12.1 Å². The van der Waals surface area contributed by atoms with E-state index >= 15 is 0 Å². The van der Waals surface area contributed by atoms with Gasteiger partial charge in [-0.3, -0.25) is 4.79 Å². The first-order valence-electron chi connectivity index (χ1n) is 6.14. The van der Waals surface area contributed by atoms with E-state index in [0.717, 1.165) is 12.8 Å². The Morgan fingerprint density at radius 1 is 1.41 bits per heavy atom. The zero-order valence-corrected chi connectivity index (χ0v) is 10.6. The van der Waals surface area contributed by atoms with Crippen molar-refractivity contribution in [3.05, 3.63) is 0 Å². The minimum atomic E-state index is -1.00. The molecule has 0 spiro atoms. The van der Waals surface area contributed by atoms with Crippen LogP contribution in [0.3, 0.4) is 0 Å². The van der Waals surface area contributed by atoms with Gasteiger partial charge < -0.3 is 15.2 Å². The summed E-state index contributed by atoms with van der Waals surface area (Å²) in [4.78, 5) is 22.8. The average Bonchev–Trinajstić information content (AvgIpc) is 2.73. The minimum Gasteiger partial charge on any atom is -0.480 e. The summed E-state index contributed by atoms with van der Waals surface area (Å²) in [5.41, 5.74) is 0. The van der Waals surface area contributed by atoms with E-state index in [1.807, 2.05) is 6.92 Å². The van der Waals surface area contributed by atoms with Gasteiger partial charge >= 0.3 is 5.97 Å². The fourth-order valence-electron chi connectivity index (χ4n) is 1.96. The number of carboxylic acids is 1. The highest BCUT2D eigenvalue weighted by atomic mass is 16.5. The molecule has 1 aliphatic rings. The fourth-order valence-corrected chi connectivity index (χ4v) is 1.96. The third-order valence-electron chi connectivity index (χ3n) is 3.09. The summed E-state index contributed by atoms with van der Waals surface area (Å²) in [6, 6.07) is -0.841. The summed E-state index contributed by atoms with van der Waals surface area (Å²) < 4.78 is 5.53. The lowest BCUT2D eigenvalue weighted by Crippen LogP contribution is -2.48. The zero-order chi connectivity index (χ0) is 13.0. The van der Waals surface area contributed by atoms with Crippen molar-refractivity contribution in [2.24, 2.45) is 5.92 Å². The normalized spacial score (nSPS) is 25.9. The van der Waals surface area contributed by atoms with Crippen molar-refractivity contribution in [1.82, 2.24) is 5.32 Å².